The van der Waals surface area contributed by atoms with Crippen LogP contribution in [0.15, 0.2) is 47.4 Å². The lowest BCUT2D eigenvalue weighted by molar-refractivity contribution is -0.132. The number of sulfone groups is 1. The minimum absolute atomic E-state index is 0.0157. The number of thiazole rings is 1. The van der Waals surface area contributed by atoms with Crippen molar-refractivity contribution in [1.29, 1.82) is 0 Å². The van der Waals surface area contributed by atoms with Crippen LogP contribution >= 0.6 is 22.9 Å². The number of aromatic nitrogens is 1. The van der Waals surface area contributed by atoms with E-state index in [9.17, 15) is 13.2 Å². The zero-order valence-corrected chi connectivity index (χ0v) is 19.5. The molecule has 1 aliphatic rings. The normalized spacial score (nSPS) is 15.4. The van der Waals surface area contributed by atoms with Crippen LogP contribution in [0.4, 0.5) is 0 Å². The van der Waals surface area contributed by atoms with Gasteiger partial charge in [-0.3, -0.25) is 4.79 Å². The smallest absolute Gasteiger partial charge is 0.274 e. The summed E-state index contributed by atoms with van der Waals surface area (Å²) in [6, 6.07) is 12.3. The molecule has 1 aromatic heterocycles. The lowest BCUT2D eigenvalue weighted by atomic mass is 10.1. The Bertz CT molecular complexity index is 1180. The third-order valence-corrected chi connectivity index (χ3v) is 8.40. The molecule has 3 aromatic rings. The number of amides is 1. The van der Waals surface area contributed by atoms with E-state index in [1.165, 1.54) is 11.3 Å². The topological polar surface area (TPSA) is 76.6 Å². The number of carbonyl (C=O) groups is 1. The summed E-state index contributed by atoms with van der Waals surface area (Å²) in [5.41, 5.74) is 1.57. The lowest BCUT2D eigenvalue weighted by Crippen LogP contribution is -2.42. The standard InChI is InChI=1S/C22H23ClN2O4S2/c1-2-31(27,28)17-8-6-15(7-9-17)14-20(26)25-12-10-16(11-13-25)29-22-24-21-18(23)4-3-5-19(21)30-22/h3-9,16H,2,10-14H2,1H3. The second-order valence-corrected chi connectivity index (χ2v) is 11.2. The van der Waals surface area contributed by atoms with E-state index in [1.54, 1.807) is 31.2 Å². The molecule has 31 heavy (non-hydrogen) atoms. The average Bonchev–Trinajstić information content (AvgIpc) is 3.18. The molecule has 2 aromatic carbocycles. The summed E-state index contributed by atoms with van der Waals surface area (Å²) < 4.78 is 30.9. The highest BCUT2D eigenvalue weighted by Crippen LogP contribution is 2.33. The first-order valence-corrected chi connectivity index (χ1v) is 13.0. The van der Waals surface area contributed by atoms with Gasteiger partial charge in [0.25, 0.3) is 5.19 Å². The lowest BCUT2D eigenvalue weighted by Gasteiger charge is -2.31. The highest BCUT2D eigenvalue weighted by atomic mass is 35.5. The largest absolute Gasteiger partial charge is 0.467 e. The van der Waals surface area contributed by atoms with Crippen LogP contribution in [0.25, 0.3) is 10.2 Å². The van der Waals surface area contributed by atoms with Gasteiger partial charge in [-0.15, -0.1) is 0 Å². The zero-order valence-electron chi connectivity index (χ0n) is 17.1. The molecule has 1 amide bonds. The number of rotatable bonds is 6. The first-order valence-electron chi connectivity index (χ1n) is 10.2. The molecule has 0 spiro atoms. The van der Waals surface area contributed by atoms with Gasteiger partial charge in [0.15, 0.2) is 9.84 Å². The number of hydrogen-bond acceptors (Lipinski definition) is 6. The fourth-order valence-corrected chi connectivity index (χ4v) is 5.64. The van der Waals surface area contributed by atoms with Gasteiger partial charge in [-0.05, 0) is 29.8 Å². The number of piperidine rings is 1. The average molecular weight is 479 g/mol. The summed E-state index contributed by atoms with van der Waals surface area (Å²) in [4.78, 5) is 19.3. The number of hydrogen-bond donors (Lipinski definition) is 0. The molecule has 1 aliphatic heterocycles. The fraction of sp³-hybridized carbons (Fsp3) is 0.364. The molecular formula is C22H23ClN2O4S2. The SMILES string of the molecule is CCS(=O)(=O)c1ccc(CC(=O)N2CCC(Oc3nc4c(Cl)cccc4s3)CC2)cc1. The van der Waals surface area contributed by atoms with Crippen molar-refractivity contribution in [3.63, 3.8) is 0 Å². The number of nitrogens with zero attached hydrogens (tertiary/aromatic N) is 2. The van der Waals surface area contributed by atoms with Crippen molar-refractivity contribution in [2.24, 2.45) is 0 Å². The zero-order chi connectivity index (χ0) is 22.0. The van der Waals surface area contributed by atoms with E-state index in [4.69, 9.17) is 16.3 Å². The molecule has 0 bridgehead atoms. The summed E-state index contributed by atoms with van der Waals surface area (Å²) in [5.74, 6) is 0.100. The van der Waals surface area contributed by atoms with Crippen molar-refractivity contribution in [3.05, 3.63) is 53.1 Å². The van der Waals surface area contributed by atoms with Crippen molar-refractivity contribution in [2.45, 2.75) is 37.2 Å². The maximum Gasteiger partial charge on any atom is 0.274 e. The number of likely N-dealkylation sites (tertiary alicyclic amines) is 1. The van der Waals surface area contributed by atoms with Gasteiger partial charge in [0.05, 0.1) is 26.8 Å². The first kappa shape index (κ1) is 22.0. The maximum absolute atomic E-state index is 12.7. The number of ether oxygens (including phenoxy) is 1. The van der Waals surface area contributed by atoms with Crippen LogP contribution in [0, 0.1) is 0 Å². The van der Waals surface area contributed by atoms with Crippen molar-refractivity contribution >= 4 is 48.9 Å². The highest BCUT2D eigenvalue weighted by Gasteiger charge is 2.25. The second kappa shape index (κ2) is 9.14. The predicted octanol–water partition coefficient (Wildman–Crippen LogP) is 4.36. The third kappa shape index (κ3) is 5.02. The van der Waals surface area contributed by atoms with E-state index in [2.05, 4.69) is 4.98 Å². The van der Waals surface area contributed by atoms with Crippen LogP contribution < -0.4 is 4.74 Å². The molecular weight excluding hydrogens is 456 g/mol. The first-order chi connectivity index (χ1) is 14.9. The summed E-state index contributed by atoms with van der Waals surface area (Å²) in [7, 11) is -3.23. The third-order valence-electron chi connectivity index (χ3n) is 5.43. The second-order valence-electron chi connectivity index (χ2n) is 7.49. The monoisotopic (exact) mass is 478 g/mol. The van der Waals surface area contributed by atoms with Gasteiger partial charge in [0, 0.05) is 25.9 Å². The number of para-hydroxylation sites is 1. The predicted molar refractivity (Wildman–Crippen MR) is 123 cm³/mol. The van der Waals surface area contributed by atoms with E-state index < -0.39 is 9.84 Å². The van der Waals surface area contributed by atoms with Crippen molar-refractivity contribution in [3.8, 4) is 5.19 Å². The van der Waals surface area contributed by atoms with Crippen LogP contribution in [0.3, 0.4) is 0 Å². The Hall–Kier alpha value is -2.16. The van der Waals surface area contributed by atoms with Gasteiger partial charge in [-0.25, -0.2) is 13.4 Å². The van der Waals surface area contributed by atoms with E-state index >= 15 is 0 Å². The molecule has 0 atom stereocenters. The Kier molecular flexibility index (Phi) is 6.50. The summed E-state index contributed by atoms with van der Waals surface area (Å²) in [5, 5.41) is 1.22. The molecule has 0 aliphatic carbocycles. The van der Waals surface area contributed by atoms with Gasteiger partial charge in [-0.2, -0.15) is 0 Å². The fourth-order valence-electron chi connectivity index (χ4n) is 3.58. The molecule has 0 unspecified atom stereocenters. The van der Waals surface area contributed by atoms with Crippen molar-refractivity contribution in [2.75, 3.05) is 18.8 Å². The van der Waals surface area contributed by atoms with E-state index in [0.29, 0.717) is 28.2 Å². The number of carbonyl (C=O) groups excluding carboxylic acids is 1. The molecule has 9 heteroatoms. The van der Waals surface area contributed by atoms with Gasteiger partial charge in [0.1, 0.15) is 11.6 Å². The molecule has 0 N–H and O–H groups in total. The minimum atomic E-state index is -3.23. The molecule has 164 valence electrons. The highest BCUT2D eigenvalue weighted by molar-refractivity contribution is 7.91. The molecule has 1 fully saturated rings. The molecule has 6 nitrogen and oxygen atoms in total. The Labute approximate surface area is 190 Å². The van der Waals surface area contributed by atoms with Gasteiger partial charge in [-0.1, -0.05) is 48.1 Å². The van der Waals surface area contributed by atoms with Crippen LogP contribution in [0.5, 0.6) is 5.19 Å². The van der Waals surface area contributed by atoms with Crippen molar-refractivity contribution in [1.82, 2.24) is 9.88 Å². The minimum Gasteiger partial charge on any atom is -0.467 e. The van der Waals surface area contributed by atoms with Gasteiger partial charge in [0.2, 0.25) is 5.91 Å². The Morgan fingerprint density at radius 1 is 1.19 bits per heavy atom. The Balaban J connectivity index is 1.31. The maximum atomic E-state index is 12.7. The van der Waals surface area contributed by atoms with Gasteiger partial charge >= 0.3 is 0 Å². The number of benzene rings is 2. The summed E-state index contributed by atoms with van der Waals surface area (Å²) in [6.07, 6.45) is 1.75. The molecule has 2 heterocycles. The van der Waals surface area contributed by atoms with Gasteiger partial charge < -0.3 is 9.64 Å². The Morgan fingerprint density at radius 3 is 2.55 bits per heavy atom. The molecule has 4 rings (SSSR count). The molecule has 0 radical (unpaired) electrons. The summed E-state index contributed by atoms with van der Waals surface area (Å²) in [6.45, 7) is 2.86. The molecule has 1 saturated heterocycles. The van der Waals surface area contributed by atoms with Crippen LogP contribution in [0.2, 0.25) is 5.02 Å². The van der Waals surface area contributed by atoms with E-state index in [-0.39, 0.29) is 24.2 Å². The number of fused-ring (bicyclic) bond motifs is 1. The molecule has 0 saturated carbocycles. The van der Waals surface area contributed by atoms with Crippen LogP contribution in [0.1, 0.15) is 25.3 Å². The number of halogens is 1. The Morgan fingerprint density at radius 2 is 1.90 bits per heavy atom. The van der Waals surface area contributed by atoms with E-state index in [0.717, 1.165) is 28.6 Å². The van der Waals surface area contributed by atoms with E-state index in [1.807, 2.05) is 23.1 Å². The quantitative estimate of drug-likeness (QED) is 0.526. The van der Waals surface area contributed by atoms with Crippen LogP contribution in [-0.2, 0) is 21.1 Å². The summed E-state index contributed by atoms with van der Waals surface area (Å²) >= 11 is 7.66. The van der Waals surface area contributed by atoms with Crippen LogP contribution in [-0.4, -0.2) is 49.2 Å². The van der Waals surface area contributed by atoms with Crippen molar-refractivity contribution < 1.29 is 17.9 Å².